The number of hydrogen-bond donors (Lipinski definition) is 7. The SMILES string of the molecule is CC1O[C@H](O)CC(O)[C@H]1OCC1O[C@@H](O[C@H]2CC[C@]3(C=O)C4CC[C@]5(C)[C@@H](C6=CC(=O)OC6)CC[C@]5(O)C4CC[C@]3(O)C2)C(O)C(O)[C@@H]1O. The molecule has 6 fully saturated rings. The van der Waals surface area contributed by atoms with Gasteiger partial charge < -0.3 is 64.2 Å². The van der Waals surface area contributed by atoms with Crippen LogP contribution >= 0.6 is 0 Å². The summed E-state index contributed by atoms with van der Waals surface area (Å²) in [6, 6.07) is 0. The Labute approximate surface area is 285 Å². The molecule has 14 heteroatoms. The molecule has 0 spiro atoms. The molecule has 4 saturated carbocycles. The van der Waals surface area contributed by atoms with Crippen molar-refractivity contribution in [2.75, 3.05) is 13.2 Å². The first-order valence-corrected chi connectivity index (χ1v) is 17.9. The van der Waals surface area contributed by atoms with Gasteiger partial charge in [-0.2, -0.15) is 0 Å². The predicted octanol–water partition coefficient (Wildman–Crippen LogP) is -0.397. The summed E-state index contributed by atoms with van der Waals surface area (Å²) < 4.78 is 28.4. The molecule has 7 aliphatic rings. The second-order valence-electron chi connectivity index (χ2n) is 16.2. The lowest BCUT2D eigenvalue weighted by molar-refractivity contribution is -0.328. The van der Waals surface area contributed by atoms with Crippen LogP contribution in [-0.2, 0) is 33.3 Å². The molecule has 7 unspecified atom stereocenters. The van der Waals surface area contributed by atoms with E-state index in [4.69, 9.17) is 23.7 Å². The first kappa shape index (κ1) is 35.8. The highest BCUT2D eigenvalue weighted by molar-refractivity contribution is 5.85. The monoisotopic (exact) mass is 696 g/mol. The second kappa shape index (κ2) is 12.8. The molecule has 0 aromatic carbocycles. The Bertz CT molecular complexity index is 1300. The Kier molecular flexibility index (Phi) is 9.38. The van der Waals surface area contributed by atoms with E-state index < -0.39 is 83.4 Å². The smallest absolute Gasteiger partial charge is 0.331 e. The fourth-order valence-electron chi connectivity index (χ4n) is 11.3. The van der Waals surface area contributed by atoms with Crippen LogP contribution in [0.1, 0.15) is 78.1 Å². The summed E-state index contributed by atoms with van der Waals surface area (Å²) >= 11 is 0. The zero-order chi connectivity index (χ0) is 35.1. The molecule has 0 aromatic heterocycles. The van der Waals surface area contributed by atoms with Gasteiger partial charge in [-0.1, -0.05) is 6.92 Å². The van der Waals surface area contributed by atoms with Crippen molar-refractivity contribution < 1.29 is 69.0 Å². The van der Waals surface area contributed by atoms with Gasteiger partial charge in [-0.25, -0.2) is 4.79 Å². The number of fused-ring (bicyclic) bond motifs is 5. The third-order valence-corrected chi connectivity index (χ3v) is 13.9. The number of aliphatic hydroxyl groups excluding tert-OH is 5. The van der Waals surface area contributed by atoms with E-state index in [-0.39, 0.29) is 56.2 Å². The lowest BCUT2D eigenvalue weighted by atomic mass is 9.41. The van der Waals surface area contributed by atoms with Crippen LogP contribution in [0.5, 0.6) is 0 Å². The average Bonchev–Trinajstić information content (AvgIpc) is 3.60. The van der Waals surface area contributed by atoms with E-state index >= 15 is 0 Å². The standard InChI is InChI=1S/C35H52O14/c1-17-30(23(37)12-26(39)47-17)46-15-24-27(40)28(41)29(42)31(49-24)48-19-3-8-33(16-36)21-4-7-32(2)20(18-11-25(38)45-14-18)6-10-35(32,44)22(21)5-9-34(33,43)13-19/h11,16-17,19-24,26-31,37,39-44H,3-10,12-15H2,1-2H3/t17?,19-,20+,21?,22?,23?,24?,26-,27+,28?,29?,30-,31+,32+,33-,34-,35-/m0/s1. The topological polar surface area (TPSA) is 222 Å². The van der Waals surface area contributed by atoms with Gasteiger partial charge in [-0.05, 0) is 81.6 Å². The van der Waals surface area contributed by atoms with Crippen molar-refractivity contribution in [2.24, 2.45) is 28.6 Å². The molecule has 4 aliphatic carbocycles. The van der Waals surface area contributed by atoms with Crippen molar-refractivity contribution in [2.45, 2.75) is 151 Å². The van der Waals surface area contributed by atoms with Crippen molar-refractivity contribution in [3.05, 3.63) is 11.6 Å². The van der Waals surface area contributed by atoms with Crippen LogP contribution in [0.2, 0.25) is 0 Å². The van der Waals surface area contributed by atoms with Crippen LogP contribution < -0.4 is 0 Å². The molecule has 17 atom stereocenters. The van der Waals surface area contributed by atoms with Gasteiger partial charge in [0, 0.05) is 24.3 Å². The molecule has 0 amide bonds. The maximum Gasteiger partial charge on any atom is 0.331 e. The highest BCUT2D eigenvalue weighted by Crippen LogP contribution is 2.70. The van der Waals surface area contributed by atoms with Crippen LogP contribution in [0, 0.1) is 28.6 Å². The minimum Gasteiger partial charge on any atom is -0.458 e. The summed E-state index contributed by atoms with van der Waals surface area (Å²) in [6.07, 6.45) is -5.10. The van der Waals surface area contributed by atoms with Crippen LogP contribution in [0.15, 0.2) is 11.6 Å². The quantitative estimate of drug-likeness (QED) is 0.102. The molecule has 7 rings (SSSR count). The van der Waals surface area contributed by atoms with Crippen LogP contribution in [-0.4, -0.2) is 134 Å². The number of cyclic esters (lactones) is 1. The second-order valence-corrected chi connectivity index (χ2v) is 16.2. The molecule has 0 radical (unpaired) electrons. The van der Waals surface area contributed by atoms with Crippen molar-refractivity contribution in [3.63, 3.8) is 0 Å². The fourth-order valence-corrected chi connectivity index (χ4v) is 11.3. The van der Waals surface area contributed by atoms with Crippen molar-refractivity contribution >= 4 is 12.3 Å². The molecule has 3 aliphatic heterocycles. The number of hydrogen-bond acceptors (Lipinski definition) is 14. The van der Waals surface area contributed by atoms with E-state index in [0.717, 1.165) is 18.3 Å². The Morgan fingerprint density at radius 1 is 0.939 bits per heavy atom. The maximum absolute atomic E-state index is 13.2. The first-order valence-electron chi connectivity index (χ1n) is 17.9. The molecule has 49 heavy (non-hydrogen) atoms. The molecule has 7 N–H and O–H groups in total. The third kappa shape index (κ3) is 5.56. The number of carbonyl (C=O) groups is 2. The zero-order valence-corrected chi connectivity index (χ0v) is 28.1. The van der Waals surface area contributed by atoms with Gasteiger partial charge >= 0.3 is 5.97 Å². The number of carbonyl (C=O) groups excluding carboxylic acids is 2. The summed E-state index contributed by atoms with van der Waals surface area (Å²) in [7, 11) is 0. The molecule has 3 heterocycles. The molecular formula is C35H52O14. The predicted molar refractivity (Wildman–Crippen MR) is 166 cm³/mol. The number of aliphatic hydroxyl groups is 7. The highest BCUT2D eigenvalue weighted by atomic mass is 16.7. The molecule has 276 valence electrons. The van der Waals surface area contributed by atoms with E-state index in [1.165, 1.54) is 0 Å². The van der Waals surface area contributed by atoms with Gasteiger partial charge in [-0.15, -0.1) is 0 Å². The molecule has 2 saturated heterocycles. The third-order valence-electron chi connectivity index (χ3n) is 13.9. The lowest BCUT2D eigenvalue weighted by Crippen LogP contribution is -2.69. The minimum atomic E-state index is -1.63. The summed E-state index contributed by atoms with van der Waals surface area (Å²) in [5.74, 6) is -0.813. The van der Waals surface area contributed by atoms with E-state index in [2.05, 4.69) is 6.92 Å². The minimum absolute atomic E-state index is 0.00408. The fraction of sp³-hybridized carbons (Fsp3) is 0.886. The van der Waals surface area contributed by atoms with E-state index in [1.54, 1.807) is 13.0 Å². The van der Waals surface area contributed by atoms with Gasteiger partial charge in [-0.3, -0.25) is 0 Å². The maximum atomic E-state index is 13.2. The summed E-state index contributed by atoms with van der Waals surface area (Å²) in [5.41, 5.74) is -3.18. The van der Waals surface area contributed by atoms with Crippen LogP contribution in [0.3, 0.4) is 0 Å². The zero-order valence-electron chi connectivity index (χ0n) is 28.1. The van der Waals surface area contributed by atoms with Crippen molar-refractivity contribution in [1.29, 1.82) is 0 Å². The molecular weight excluding hydrogens is 644 g/mol. The highest BCUT2D eigenvalue weighted by Gasteiger charge is 2.71. The van der Waals surface area contributed by atoms with Gasteiger partial charge in [0.05, 0.1) is 41.5 Å². The van der Waals surface area contributed by atoms with Crippen molar-refractivity contribution in [3.8, 4) is 0 Å². The van der Waals surface area contributed by atoms with Crippen LogP contribution in [0.4, 0.5) is 0 Å². The van der Waals surface area contributed by atoms with Gasteiger partial charge in [0.25, 0.3) is 0 Å². The largest absolute Gasteiger partial charge is 0.458 e. The number of aldehydes is 1. The van der Waals surface area contributed by atoms with Gasteiger partial charge in [0.15, 0.2) is 12.6 Å². The van der Waals surface area contributed by atoms with Crippen LogP contribution in [0.25, 0.3) is 0 Å². The lowest BCUT2D eigenvalue weighted by Gasteiger charge is -2.65. The average molecular weight is 697 g/mol. The van der Waals surface area contributed by atoms with Gasteiger partial charge in [0.1, 0.15) is 43.4 Å². The van der Waals surface area contributed by atoms with E-state index in [1.807, 2.05) is 0 Å². The van der Waals surface area contributed by atoms with E-state index in [9.17, 15) is 45.3 Å². The Morgan fingerprint density at radius 2 is 1.69 bits per heavy atom. The molecule has 0 bridgehead atoms. The first-order chi connectivity index (χ1) is 23.2. The molecule has 0 aromatic rings. The number of ether oxygens (including phenoxy) is 5. The molecule has 14 nitrogen and oxygen atoms in total. The Balaban J connectivity index is 1.03. The number of esters is 1. The van der Waals surface area contributed by atoms with E-state index in [0.29, 0.717) is 38.5 Å². The Morgan fingerprint density at radius 3 is 2.39 bits per heavy atom. The van der Waals surface area contributed by atoms with Crippen molar-refractivity contribution in [1.82, 2.24) is 0 Å². The number of rotatable bonds is 7. The Hall–Kier alpha value is -1.56. The summed E-state index contributed by atoms with van der Waals surface area (Å²) in [4.78, 5) is 25.1. The summed E-state index contributed by atoms with van der Waals surface area (Å²) in [6.45, 7) is 3.70. The summed E-state index contributed by atoms with van der Waals surface area (Å²) in [5, 5.41) is 77.1. The van der Waals surface area contributed by atoms with Gasteiger partial charge in [0.2, 0.25) is 0 Å². The normalized spacial score (nSPS) is 54.3.